The van der Waals surface area contributed by atoms with Gasteiger partial charge >= 0.3 is 0 Å². The topological polar surface area (TPSA) is 51.2 Å². The fourth-order valence-electron chi connectivity index (χ4n) is 2.19. The molecule has 6 heteroatoms. The minimum absolute atomic E-state index is 0.251. The van der Waals surface area contributed by atoms with E-state index in [0.29, 0.717) is 12.3 Å². The van der Waals surface area contributed by atoms with Gasteiger partial charge in [-0.15, -0.1) is 11.3 Å². The molecule has 0 spiro atoms. The summed E-state index contributed by atoms with van der Waals surface area (Å²) in [5, 5.41) is 5.64. The monoisotopic (exact) mass is 356 g/mol. The van der Waals surface area contributed by atoms with Gasteiger partial charge in [0.05, 0.1) is 12.2 Å². The first-order valence-corrected chi connectivity index (χ1v) is 8.69. The standard InChI is InChI=1S/C19H17FN2O2S/c1-13(24-17-9-7-15(20)8-10-17)18(23)21-11-16-12-25-19(22-16)14-5-3-2-4-6-14/h2-10,12-13H,11H2,1H3,(H,21,23). The number of amides is 1. The van der Waals surface area contributed by atoms with E-state index in [1.54, 1.807) is 6.92 Å². The summed E-state index contributed by atoms with van der Waals surface area (Å²) >= 11 is 1.54. The minimum atomic E-state index is -0.683. The normalized spacial score (nSPS) is 11.8. The first-order valence-electron chi connectivity index (χ1n) is 7.81. The molecule has 0 aliphatic rings. The van der Waals surface area contributed by atoms with E-state index in [1.807, 2.05) is 35.7 Å². The number of aromatic nitrogens is 1. The summed E-state index contributed by atoms with van der Waals surface area (Å²) in [4.78, 5) is 16.7. The maximum Gasteiger partial charge on any atom is 0.261 e. The molecular weight excluding hydrogens is 339 g/mol. The minimum Gasteiger partial charge on any atom is -0.481 e. The molecule has 1 amide bonds. The van der Waals surface area contributed by atoms with Crippen LogP contribution in [0.1, 0.15) is 12.6 Å². The molecule has 0 bridgehead atoms. The molecule has 3 rings (SSSR count). The van der Waals surface area contributed by atoms with Gasteiger partial charge in [-0.2, -0.15) is 0 Å². The van der Waals surface area contributed by atoms with Gasteiger partial charge in [-0.25, -0.2) is 9.37 Å². The average molecular weight is 356 g/mol. The van der Waals surface area contributed by atoms with Crippen LogP contribution < -0.4 is 10.1 Å². The zero-order chi connectivity index (χ0) is 17.6. The molecule has 1 aromatic heterocycles. The number of halogens is 1. The van der Waals surface area contributed by atoms with Crippen molar-refractivity contribution in [2.45, 2.75) is 19.6 Å². The van der Waals surface area contributed by atoms with Crippen molar-refractivity contribution in [3.63, 3.8) is 0 Å². The van der Waals surface area contributed by atoms with Crippen LogP contribution in [-0.2, 0) is 11.3 Å². The van der Waals surface area contributed by atoms with Crippen molar-refractivity contribution < 1.29 is 13.9 Å². The molecule has 1 N–H and O–H groups in total. The second-order valence-electron chi connectivity index (χ2n) is 5.44. The van der Waals surface area contributed by atoms with E-state index in [-0.39, 0.29) is 11.7 Å². The quantitative estimate of drug-likeness (QED) is 0.725. The molecule has 0 fully saturated rings. The molecule has 1 atom stereocenters. The third kappa shape index (κ3) is 4.64. The van der Waals surface area contributed by atoms with Crippen LogP contribution >= 0.6 is 11.3 Å². The highest BCUT2D eigenvalue weighted by Gasteiger charge is 2.15. The van der Waals surface area contributed by atoms with Crippen molar-refractivity contribution in [3.05, 3.63) is 71.5 Å². The Morgan fingerprint density at radius 3 is 2.64 bits per heavy atom. The Morgan fingerprint density at radius 2 is 1.92 bits per heavy atom. The van der Waals surface area contributed by atoms with Gasteiger partial charge in [0, 0.05) is 10.9 Å². The van der Waals surface area contributed by atoms with E-state index in [1.165, 1.54) is 35.6 Å². The lowest BCUT2D eigenvalue weighted by atomic mass is 10.2. The highest BCUT2D eigenvalue weighted by Crippen LogP contribution is 2.23. The molecule has 0 aliphatic carbocycles. The highest BCUT2D eigenvalue weighted by atomic mass is 32.1. The molecule has 4 nitrogen and oxygen atoms in total. The van der Waals surface area contributed by atoms with Gasteiger partial charge in [0.25, 0.3) is 5.91 Å². The molecule has 25 heavy (non-hydrogen) atoms. The fourth-order valence-corrected chi connectivity index (χ4v) is 3.02. The fraction of sp³-hybridized carbons (Fsp3) is 0.158. The molecular formula is C19H17FN2O2S. The number of rotatable bonds is 6. The summed E-state index contributed by atoms with van der Waals surface area (Å²) in [6, 6.07) is 15.5. The number of ether oxygens (including phenoxy) is 1. The lowest BCUT2D eigenvalue weighted by molar-refractivity contribution is -0.127. The van der Waals surface area contributed by atoms with Crippen LogP contribution in [0.4, 0.5) is 4.39 Å². The van der Waals surface area contributed by atoms with Crippen molar-refractivity contribution in [2.75, 3.05) is 0 Å². The summed E-state index contributed by atoms with van der Waals surface area (Å²) in [6.45, 7) is 1.98. The van der Waals surface area contributed by atoms with Gasteiger partial charge in [-0.3, -0.25) is 4.79 Å². The second kappa shape index (κ2) is 7.90. The molecule has 128 valence electrons. The summed E-state index contributed by atoms with van der Waals surface area (Å²) in [6.07, 6.45) is -0.683. The van der Waals surface area contributed by atoms with Gasteiger partial charge in [0.1, 0.15) is 16.6 Å². The average Bonchev–Trinajstić information content (AvgIpc) is 3.11. The molecule has 3 aromatic rings. The molecule has 0 radical (unpaired) electrons. The zero-order valence-corrected chi connectivity index (χ0v) is 14.4. The van der Waals surface area contributed by atoms with Crippen LogP contribution in [0.25, 0.3) is 10.6 Å². The summed E-state index contributed by atoms with van der Waals surface area (Å²) in [5.41, 5.74) is 1.85. The van der Waals surface area contributed by atoms with Crippen molar-refractivity contribution in [1.82, 2.24) is 10.3 Å². The third-order valence-electron chi connectivity index (χ3n) is 3.51. The lowest BCUT2D eigenvalue weighted by Crippen LogP contribution is -2.35. The Labute approximate surface area is 149 Å². The van der Waals surface area contributed by atoms with Crippen LogP contribution in [0, 0.1) is 5.82 Å². The van der Waals surface area contributed by atoms with E-state index in [0.717, 1.165) is 16.3 Å². The largest absolute Gasteiger partial charge is 0.481 e. The Hall–Kier alpha value is -2.73. The van der Waals surface area contributed by atoms with Crippen molar-refractivity contribution in [1.29, 1.82) is 0 Å². The number of nitrogens with one attached hydrogen (secondary N) is 1. The second-order valence-corrected chi connectivity index (χ2v) is 6.30. The van der Waals surface area contributed by atoms with Crippen LogP contribution in [-0.4, -0.2) is 17.0 Å². The first-order chi connectivity index (χ1) is 12.1. The van der Waals surface area contributed by atoms with Crippen molar-refractivity contribution >= 4 is 17.2 Å². The number of thiazole rings is 1. The number of hydrogen-bond donors (Lipinski definition) is 1. The zero-order valence-electron chi connectivity index (χ0n) is 13.6. The Balaban J connectivity index is 1.53. The summed E-state index contributed by atoms with van der Waals surface area (Å²) < 4.78 is 18.4. The first kappa shape index (κ1) is 17.1. The van der Waals surface area contributed by atoms with Crippen LogP contribution in [0.15, 0.2) is 60.0 Å². The highest BCUT2D eigenvalue weighted by molar-refractivity contribution is 7.13. The Bertz CT molecular complexity index is 834. The van der Waals surface area contributed by atoms with Gasteiger partial charge < -0.3 is 10.1 Å². The van der Waals surface area contributed by atoms with Gasteiger partial charge in [-0.1, -0.05) is 30.3 Å². The van der Waals surface area contributed by atoms with Gasteiger partial charge in [0.15, 0.2) is 6.10 Å². The Kier molecular flexibility index (Phi) is 5.40. The number of hydrogen-bond acceptors (Lipinski definition) is 4. The van der Waals surface area contributed by atoms with E-state index in [9.17, 15) is 9.18 Å². The molecule has 0 saturated carbocycles. The van der Waals surface area contributed by atoms with Crippen LogP contribution in [0.2, 0.25) is 0 Å². The van der Waals surface area contributed by atoms with Crippen LogP contribution in [0.5, 0.6) is 5.75 Å². The molecule has 2 aromatic carbocycles. The van der Waals surface area contributed by atoms with E-state index in [2.05, 4.69) is 10.3 Å². The van der Waals surface area contributed by atoms with Gasteiger partial charge in [0.2, 0.25) is 0 Å². The predicted molar refractivity (Wildman–Crippen MR) is 95.9 cm³/mol. The smallest absolute Gasteiger partial charge is 0.261 e. The summed E-state index contributed by atoms with van der Waals surface area (Å²) in [5.74, 6) is -0.148. The SMILES string of the molecule is CC(Oc1ccc(F)cc1)C(=O)NCc1csc(-c2ccccc2)n1. The van der Waals surface area contributed by atoms with Crippen molar-refractivity contribution in [3.8, 4) is 16.3 Å². The van der Waals surface area contributed by atoms with E-state index >= 15 is 0 Å². The number of nitrogens with zero attached hydrogens (tertiary/aromatic N) is 1. The number of carbonyl (C=O) groups excluding carboxylic acids is 1. The summed E-state index contributed by atoms with van der Waals surface area (Å²) in [7, 11) is 0. The number of benzene rings is 2. The van der Waals surface area contributed by atoms with Gasteiger partial charge in [-0.05, 0) is 31.2 Å². The molecule has 1 heterocycles. The number of carbonyl (C=O) groups is 1. The van der Waals surface area contributed by atoms with Crippen LogP contribution in [0.3, 0.4) is 0 Å². The van der Waals surface area contributed by atoms with Crippen molar-refractivity contribution in [2.24, 2.45) is 0 Å². The molecule has 0 saturated heterocycles. The molecule has 1 unspecified atom stereocenters. The van der Waals surface area contributed by atoms with E-state index in [4.69, 9.17) is 4.74 Å². The maximum absolute atomic E-state index is 12.9. The maximum atomic E-state index is 12.9. The van der Waals surface area contributed by atoms with E-state index < -0.39 is 6.10 Å². The molecule has 0 aliphatic heterocycles. The Morgan fingerprint density at radius 1 is 1.20 bits per heavy atom. The predicted octanol–water partition coefficient (Wildman–Crippen LogP) is 4.03. The lowest BCUT2D eigenvalue weighted by Gasteiger charge is -2.14. The third-order valence-corrected chi connectivity index (χ3v) is 4.45.